The first-order valence-electron chi connectivity index (χ1n) is 11.1. The standard InChI is InChI=1S/C23H24N10O3/c1-23(2,3)36-22(34)28-9-16-26-7-12(8-27-16)10-33-20-17(19(24)29-11-30-20)18(32-33)13-4-5-15-14(6-13)31-21(25)35-15/h4-8,11H,9-10H2,1-3H3,(H2,25,31)(H,28,34)(H2,24,29,30). The summed E-state index contributed by atoms with van der Waals surface area (Å²) in [5.74, 6) is 0.753. The molecule has 0 aliphatic heterocycles. The molecule has 0 fully saturated rings. The molecule has 1 aromatic carbocycles. The summed E-state index contributed by atoms with van der Waals surface area (Å²) in [5.41, 5.74) is 15.2. The molecule has 13 heteroatoms. The normalized spacial score (nSPS) is 11.8. The van der Waals surface area contributed by atoms with E-state index in [0.717, 1.165) is 11.1 Å². The fourth-order valence-electron chi connectivity index (χ4n) is 3.63. The summed E-state index contributed by atoms with van der Waals surface area (Å²) in [5, 5.41) is 8.02. The molecule has 184 valence electrons. The Balaban J connectivity index is 1.40. The van der Waals surface area contributed by atoms with Crippen molar-refractivity contribution >= 4 is 40.1 Å². The number of carbonyl (C=O) groups is 1. The minimum atomic E-state index is -0.582. The number of nitrogens with zero attached hydrogens (tertiary/aromatic N) is 7. The number of benzene rings is 1. The summed E-state index contributed by atoms with van der Waals surface area (Å²) >= 11 is 0. The fourth-order valence-corrected chi connectivity index (χ4v) is 3.63. The van der Waals surface area contributed by atoms with Gasteiger partial charge in [-0.25, -0.2) is 29.4 Å². The number of hydrogen-bond donors (Lipinski definition) is 3. The molecule has 0 bridgehead atoms. The average Bonchev–Trinajstić information content (AvgIpc) is 3.37. The smallest absolute Gasteiger partial charge is 0.408 e. The summed E-state index contributed by atoms with van der Waals surface area (Å²) in [4.78, 5) is 33.2. The van der Waals surface area contributed by atoms with Crippen molar-refractivity contribution in [2.24, 2.45) is 0 Å². The van der Waals surface area contributed by atoms with E-state index in [-0.39, 0.29) is 12.6 Å². The van der Waals surface area contributed by atoms with Crippen LogP contribution in [0.25, 0.3) is 33.4 Å². The van der Waals surface area contributed by atoms with Gasteiger partial charge < -0.3 is 25.9 Å². The number of fused-ring (bicyclic) bond motifs is 2. The minimum absolute atomic E-state index is 0.0881. The predicted octanol–water partition coefficient (Wildman–Crippen LogP) is 2.66. The van der Waals surface area contributed by atoms with Gasteiger partial charge in [0.05, 0.1) is 18.5 Å². The number of nitrogen functional groups attached to an aromatic ring is 2. The number of aromatic nitrogens is 7. The summed E-state index contributed by atoms with van der Waals surface area (Å²) < 4.78 is 12.3. The molecule has 0 aliphatic rings. The van der Waals surface area contributed by atoms with Crippen LogP contribution in [0.5, 0.6) is 0 Å². The zero-order valence-corrected chi connectivity index (χ0v) is 19.9. The lowest BCUT2D eigenvalue weighted by atomic mass is 10.1. The SMILES string of the molecule is CC(C)(C)OC(=O)NCc1ncc(Cn2nc(-c3ccc4oc(N)nc4c3)c3c(N)ncnc32)cn1. The van der Waals surface area contributed by atoms with Crippen molar-refractivity contribution in [3.05, 3.63) is 48.3 Å². The van der Waals surface area contributed by atoms with Crippen molar-refractivity contribution < 1.29 is 13.9 Å². The molecule has 36 heavy (non-hydrogen) atoms. The Bertz CT molecular complexity index is 1570. The number of nitrogens with one attached hydrogen (secondary N) is 1. The molecule has 0 saturated carbocycles. The van der Waals surface area contributed by atoms with Crippen LogP contribution < -0.4 is 16.8 Å². The topological polar surface area (TPSA) is 186 Å². The number of amides is 1. The second-order valence-corrected chi connectivity index (χ2v) is 9.06. The first-order valence-corrected chi connectivity index (χ1v) is 11.1. The molecule has 5 aromatic rings. The van der Waals surface area contributed by atoms with Crippen LogP contribution in [0.2, 0.25) is 0 Å². The van der Waals surface area contributed by atoms with Gasteiger partial charge in [-0.1, -0.05) is 0 Å². The Morgan fingerprint density at radius 3 is 2.67 bits per heavy atom. The molecule has 0 atom stereocenters. The van der Waals surface area contributed by atoms with Crippen LogP contribution in [0.15, 0.2) is 41.3 Å². The molecule has 5 N–H and O–H groups in total. The highest BCUT2D eigenvalue weighted by Crippen LogP contribution is 2.32. The second kappa shape index (κ2) is 8.76. The third-order valence-corrected chi connectivity index (χ3v) is 5.12. The monoisotopic (exact) mass is 488 g/mol. The van der Waals surface area contributed by atoms with Crippen molar-refractivity contribution in [2.75, 3.05) is 11.5 Å². The number of alkyl carbamates (subject to hydrolysis) is 1. The highest BCUT2D eigenvalue weighted by molar-refractivity contribution is 5.99. The van der Waals surface area contributed by atoms with Gasteiger partial charge in [0, 0.05) is 23.5 Å². The zero-order valence-electron chi connectivity index (χ0n) is 19.9. The van der Waals surface area contributed by atoms with E-state index in [9.17, 15) is 4.79 Å². The van der Waals surface area contributed by atoms with Crippen molar-refractivity contribution in [3.63, 3.8) is 0 Å². The molecule has 4 aromatic heterocycles. The first kappa shape index (κ1) is 23.0. The van der Waals surface area contributed by atoms with Gasteiger partial charge in [0.1, 0.15) is 34.8 Å². The maximum absolute atomic E-state index is 11.8. The van der Waals surface area contributed by atoms with E-state index >= 15 is 0 Å². The van der Waals surface area contributed by atoms with Gasteiger partial charge in [-0.15, -0.1) is 0 Å². The number of ether oxygens (including phenoxy) is 1. The summed E-state index contributed by atoms with van der Waals surface area (Å²) in [7, 11) is 0. The van der Waals surface area contributed by atoms with Gasteiger partial charge in [0.15, 0.2) is 11.2 Å². The summed E-state index contributed by atoms with van der Waals surface area (Å²) in [6.45, 7) is 5.87. The molecule has 0 spiro atoms. The van der Waals surface area contributed by atoms with Crippen LogP contribution in [0.3, 0.4) is 0 Å². The number of nitrogens with two attached hydrogens (primary N) is 2. The number of oxazole rings is 1. The number of carbonyl (C=O) groups excluding carboxylic acids is 1. The number of anilines is 2. The summed E-state index contributed by atoms with van der Waals surface area (Å²) in [6.07, 6.45) is 4.19. The van der Waals surface area contributed by atoms with Gasteiger partial charge in [-0.3, -0.25) is 0 Å². The van der Waals surface area contributed by atoms with E-state index in [2.05, 4.69) is 30.2 Å². The molecule has 13 nitrogen and oxygen atoms in total. The highest BCUT2D eigenvalue weighted by Gasteiger charge is 2.19. The van der Waals surface area contributed by atoms with Crippen LogP contribution in [0.1, 0.15) is 32.2 Å². The van der Waals surface area contributed by atoms with Crippen LogP contribution in [-0.4, -0.2) is 46.4 Å². The van der Waals surface area contributed by atoms with E-state index in [1.165, 1.54) is 6.33 Å². The molecule has 5 rings (SSSR count). The van der Waals surface area contributed by atoms with Crippen molar-refractivity contribution in [2.45, 2.75) is 39.5 Å². The Morgan fingerprint density at radius 1 is 1.14 bits per heavy atom. The van der Waals surface area contributed by atoms with Crippen molar-refractivity contribution in [1.82, 2.24) is 40.0 Å². The Labute approximate surface area is 204 Å². The lowest BCUT2D eigenvalue weighted by Gasteiger charge is -2.19. The molecule has 4 heterocycles. The van der Waals surface area contributed by atoms with Crippen molar-refractivity contribution in [3.8, 4) is 11.3 Å². The third-order valence-electron chi connectivity index (χ3n) is 5.12. The van der Waals surface area contributed by atoms with Gasteiger partial charge in [-0.05, 0) is 39.0 Å². The highest BCUT2D eigenvalue weighted by atomic mass is 16.6. The minimum Gasteiger partial charge on any atom is -0.444 e. The molecule has 0 unspecified atom stereocenters. The lowest BCUT2D eigenvalue weighted by Crippen LogP contribution is -2.32. The molecule has 0 radical (unpaired) electrons. The van der Waals surface area contributed by atoms with Gasteiger partial charge in [-0.2, -0.15) is 10.1 Å². The fraction of sp³-hybridized carbons (Fsp3) is 0.261. The largest absolute Gasteiger partial charge is 0.444 e. The Morgan fingerprint density at radius 2 is 1.92 bits per heavy atom. The predicted molar refractivity (Wildman–Crippen MR) is 131 cm³/mol. The molecule has 0 saturated heterocycles. The van der Waals surface area contributed by atoms with Crippen LogP contribution in [-0.2, 0) is 17.8 Å². The van der Waals surface area contributed by atoms with E-state index in [1.54, 1.807) is 43.9 Å². The average molecular weight is 489 g/mol. The van der Waals surface area contributed by atoms with Gasteiger partial charge in [0.2, 0.25) is 0 Å². The van der Waals surface area contributed by atoms with Gasteiger partial charge >= 0.3 is 6.09 Å². The summed E-state index contributed by atoms with van der Waals surface area (Å²) in [6, 6.07) is 5.53. The third kappa shape index (κ3) is 4.71. The molecular formula is C23H24N10O3. The van der Waals surface area contributed by atoms with E-state index in [1.807, 2.05) is 12.1 Å². The molecule has 1 amide bonds. The molecular weight excluding hydrogens is 464 g/mol. The maximum Gasteiger partial charge on any atom is 0.408 e. The zero-order chi connectivity index (χ0) is 25.4. The van der Waals surface area contributed by atoms with Crippen LogP contribution in [0, 0.1) is 0 Å². The lowest BCUT2D eigenvalue weighted by molar-refractivity contribution is 0.0522. The maximum atomic E-state index is 11.8. The molecule has 0 aliphatic carbocycles. The Kier molecular flexibility index (Phi) is 5.59. The Hall–Kier alpha value is -4.81. The van der Waals surface area contributed by atoms with E-state index < -0.39 is 11.7 Å². The van der Waals surface area contributed by atoms with Crippen molar-refractivity contribution in [1.29, 1.82) is 0 Å². The van der Waals surface area contributed by atoms with Gasteiger partial charge in [0.25, 0.3) is 6.01 Å². The van der Waals surface area contributed by atoms with Crippen LogP contribution >= 0.6 is 0 Å². The number of rotatable bonds is 5. The van der Waals surface area contributed by atoms with Crippen LogP contribution in [0.4, 0.5) is 16.6 Å². The number of hydrogen-bond acceptors (Lipinski definition) is 11. The van der Waals surface area contributed by atoms with E-state index in [4.69, 9.17) is 25.7 Å². The second-order valence-electron chi connectivity index (χ2n) is 9.06. The quantitative estimate of drug-likeness (QED) is 0.330. The van der Waals surface area contributed by atoms with E-state index in [0.29, 0.717) is 46.0 Å². The first-order chi connectivity index (χ1) is 17.2.